The normalized spacial score (nSPS) is 23.6. The second kappa shape index (κ2) is 5.98. The molecule has 2 aromatic rings. The SMILES string of the molecule is CCOC(=O)[C@@H]1C(c2ccccc2)=NO[C@@]12C(=O)N(C)c1ccccc12. The number of nitrogens with zero attached hydrogens (tertiary/aromatic N) is 2. The molecule has 26 heavy (non-hydrogen) atoms. The maximum Gasteiger partial charge on any atom is 0.320 e. The standard InChI is InChI=1S/C20H18N2O4/c1-3-25-18(23)16-17(13-9-5-4-6-10-13)21-26-20(16)14-11-7-8-12-15(14)22(2)19(20)24/h4-12,16H,3H2,1-2H3/t16-,20+/m0/s1. The van der Waals surface area contributed by atoms with Crippen LogP contribution >= 0.6 is 0 Å². The van der Waals surface area contributed by atoms with Crippen LogP contribution in [0.5, 0.6) is 0 Å². The number of amides is 1. The third-order valence-electron chi connectivity index (χ3n) is 4.85. The summed E-state index contributed by atoms with van der Waals surface area (Å²) >= 11 is 0. The van der Waals surface area contributed by atoms with Crippen LogP contribution in [0.15, 0.2) is 59.8 Å². The van der Waals surface area contributed by atoms with Crippen molar-refractivity contribution in [2.24, 2.45) is 11.1 Å². The van der Waals surface area contributed by atoms with Crippen LogP contribution in [-0.2, 0) is 24.8 Å². The topological polar surface area (TPSA) is 68.2 Å². The van der Waals surface area contributed by atoms with E-state index in [1.807, 2.05) is 48.5 Å². The number of rotatable bonds is 3. The van der Waals surface area contributed by atoms with Gasteiger partial charge in [-0.25, -0.2) is 0 Å². The van der Waals surface area contributed by atoms with E-state index < -0.39 is 17.5 Å². The summed E-state index contributed by atoms with van der Waals surface area (Å²) in [6.45, 7) is 1.94. The number of para-hydroxylation sites is 1. The van der Waals surface area contributed by atoms with Crippen molar-refractivity contribution in [3.63, 3.8) is 0 Å². The van der Waals surface area contributed by atoms with Crippen molar-refractivity contribution in [1.82, 2.24) is 0 Å². The zero-order chi connectivity index (χ0) is 18.3. The summed E-state index contributed by atoms with van der Waals surface area (Å²) in [4.78, 5) is 33.4. The highest BCUT2D eigenvalue weighted by molar-refractivity contribution is 6.20. The van der Waals surface area contributed by atoms with Crippen molar-refractivity contribution in [2.75, 3.05) is 18.6 Å². The molecule has 0 fully saturated rings. The van der Waals surface area contributed by atoms with Gasteiger partial charge < -0.3 is 14.5 Å². The summed E-state index contributed by atoms with van der Waals surface area (Å²) in [7, 11) is 1.67. The molecule has 6 heteroatoms. The van der Waals surface area contributed by atoms with Gasteiger partial charge in [-0.15, -0.1) is 0 Å². The molecule has 1 spiro atoms. The number of likely N-dealkylation sites (N-methyl/N-ethyl adjacent to an activating group) is 1. The van der Waals surface area contributed by atoms with Crippen LogP contribution in [0.3, 0.4) is 0 Å². The lowest BCUT2D eigenvalue weighted by atomic mass is 9.78. The number of fused-ring (bicyclic) bond motifs is 2. The summed E-state index contributed by atoms with van der Waals surface area (Å²) < 4.78 is 5.29. The van der Waals surface area contributed by atoms with Gasteiger partial charge in [0, 0.05) is 18.2 Å². The number of anilines is 1. The number of carbonyl (C=O) groups excluding carboxylic acids is 2. The highest BCUT2D eigenvalue weighted by Gasteiger charge is 2.65. The number of carbonyl (C=O) groups is 2. The minimum atomic E-state index is -1.53. The quantitative estimate of drug-likeness (QED) is 0.798. The first-order valence-electron chi connectivity index (χ1n) is 8.47. The lowest BCUT2D eigenvalue weighted by molar-refractivity contribution is -0.162. The van der Waals surface area contributed by atoms with Gasteiger partial charge in [0.05, 0.1) is 12.3 Å². The van der Waals surface area contributed by atoms with E-state index in [4.69, 9.17) is 9.57 Å². The monoisotopic (exact) mass is 350 g/mol. The van der Waals surface area contributed by atoms with Crippen LogP contribution in [0.4, 0.5) is 5.69 Å². The van der Waals surface area contributed by atoms with Gasteiger partial charge in [-0.2, -0.15) is 0 Å². The highest BCUT2D eigenvalue weighted by Crippen LogP contribution is 2.51. The maximum atomic E-state index is 13.2. The second-order valence-electron chi connectivity index (χ2n) is 6.24. The Morgan fingerprint density at radius 3 is 2.62 bits per heavy atom. The fraction of sp³-hybridized carbons (Fsp3) is 0.250. The second-order valence-corrected chi connectivity index (χ2v) is 6.24. The Labute approximate surface area is 151 Å². The molecule has 2 heterocycles. The van der Waals surface area contributed by atoms with E-state index in [0.717, 1.165) is 5.56 Å². The number of oxime groups is 1. The molecule has 132 valence electrons. The number of esters is 1. The molecule has 2 aliphatic rings. The van der Waals surface area contributed by atoms with Gasteiger partial charge in [0.2, 0.25) is 0 Å². The average molecular weight is 350 g/mol. The highest BCUT2D eigenvalue weighted by atomic mass is 16.7. The molecule has 0 N–H and O–H groups in total. The predicted octanol–water partition coefficient (Wildman–Crippen LogP) is 2.47. The molecule has 2 aromatic carbocycles. The van der Waals surface area contributed by atoms with Crippen LogP contribution < -0.4 is 4.90 Å². The van der Waals surface area contributed by atoms with E-state index in [-0.39, 0.29) is 12.5 Å². The lowest BCUT2D eigenvalue weighted by Crippen LogP contribution is -2.49. The Morgan fingerprint density at radius 2 is 1.88 bits per heavy atom. The van der Waals surface area contributed by atoms with Gasteiger partial charge in [0.1, 0.15) is 5.71 Å². The fourth-order valence-electron chi connectivity index (χ4n) is 3.67. The Morgan fingerprint density at radius 1 is 1.19 bits per heavy atom. The number of benzene rings is 2. The van der Waals surface area contributed by atoms with E-state index in [0.29, 0.717) is 17.0 Å². The fourth-order valence-corrected chi connectivity index (χ4v) is 3.67. The van der Waals surface area contributed by atoms with Crippen LogP contribution in [0.2, 0.25) is 0 Å². The van der Waals surface area contributed by atoms with Gasteiger partial charge in [-0.1, -0.05) is 53.7 Å². The molecule has 0 saturated carbocycles. The molecule has 0 aliphatic carbocycles. The van der Waals surface area contributed by atoms with E-state index in [1.54, 1.807) is 20.0 Å². The van der Waals surface area contributed by atoms with Crippen LogP contribution in [0, 0.1) is 5.92 Å². The summed E-state index contributed by atoms with van der Waals surface area (Å²) in [5.74, 6) is -1.82. The zero-order valence-corrected chi connectivity index (χ0v) is 14.5. The lowest BCUT2D eigenvalue weighted by Gasteiger charge is -2.26. The minimum absolute atomic E-state index is 0.207. The summed E-state index contributed by atoms with van der Waals surface area (Å²) in [5.41, 5.74) is 0.935. The van der Waals surface area contributed by atoms with Crippen molar-refractivity contribution in [3.05, 3.63) is 65.7 Å². The van der Waals surface area contributed by atoms with Crippen LogP contribution in [0.25, 0.3) is 0 Å². The first kappa shape index (κ1) is 16.3. The first-order valence-corrected chi connectivity index (χ1v) is 8.47. The van der Waals surface area contributed by atoms with Gasteiger partial charge in [-0.05, 0) is 13.0 Å². The molecule has 2 atom stereocenters. The average Bonchev–Trinajstić information content (AvgIpc) is 3.17. The van der Waals surface area contributed by atoms with Gasteiger partial charge in [0.25, 0.3) is 11.5 Å². The van der Waals surface area contributed by atoms with E-state index >= 15 is 0 Å². The molecule has 1 amide bonds. The van der Waals surface area contributed by atoms with Gasteiger partial charge >= 0.3 is 5.97 Å². The van der Waals surface area contributed by atoms with Crippen molar-refractivity contribution in [3.8, 4) is 0 Å². The molecular formula is C20H18N2O4. The van der Waals surface area contributed by atoms with Crippen LogP contribution in [-0.4, -0.2) is 31.2 Å². The Balaban J connectivity index is 1.90. The Bertz CT molecular complexity index is 909. The molecule has 2 aliphatic heterocycles. The van der Waals surface area contributed by atoms with Crippen molar-refractivity contribution in [2.45, 2.75) is 12.5 Å². The summed E-state index contributed by atoms with van der Waals surface area (Å²) in [6.07, 6.45) is 0. The largest absolute Gasteiger partial charge is 0.465 e. The molecule has 6 nitrogen and oxygen atoms in total. The van der Waals surface area contributed by atoms with E-state index in [1.165, 1.54) is 4.90 Å². The number of hydrogen-bond donors (Lipinski definition) is 0. The maximum absolute atomic E-state index is 13.2. The Hall–Kier alpha value is -3.15. The molecule has 0 saturated heterocycles. The zero-order valence-electron chi connectivity index (χ0n) is 14.5. The Kier molecular flexibility index (Phi) is 3.76. The third-order valence-corrected chi connectivity index (χ3v) is 4.85. The molecule has 0 aromatic heterocycles. The minimum Gasteiger partial charge on any atom is -0.465 e. The molecular weight excluding hydrogens is 332 g/mol. The first-order chi connectivity index (χ1) is 12.6. The van der Waals surface area contributed by atoms with Crippen molar-refractivity contribution >= 4 is 23.3 Å². The van der Waals surface area contributed by atoms with Gasteiger partial charge in [0.15, 0.2) is 5.92 Å². The van der Waals surface area contributed by atoms with Crippen molar-refractivity contribution < 1.29 is 19.2 Å². The molecule has 0 unspecified atom stereocenters. The molecule has 0 radical (unpaired) electrons. The molecule has 0 bridgehead atoms. The van der Waals surface area contributed by atoms with E-state index in [2.05, 4.69) is 5.16 Å². The van der Waals surface area contributed by atoms with Gasteiger partial charge in [-0.3, -0.25) is 9.59 Å². The number of hydrogen-bond acceptors (Lipinski definition) is 5. The summed E-state index contributed by atoms with van der Waals surface area (Å²) in [6, 6.07) is 16.5. The molecule has 4 rings (SSSR count). The summed E-state index contributed by atoms with van der Waals surface area (Å²) in [5, 5.41) is 4.18. The third kappa shape index (κ3) is 2.08. The van der Waals surface area contributed by atoms with Crippen LogP contribution in [0.1, 0.15) is 18.1 Å². The number of ether oxygens (including phenoxy) is 1. The smallest absolute Gasteiger partial charge is 0.320 e. The predicted molar refractivity (Wildman–Crippen MR) is 95.7 cm³/mol. The van der Waals surface area contributed by atoms with Crippen molar-refractivity contribution in [1.29, 1.82) is 0 Å². The van der Waals surface area contributed by atoms with E-state index in [9.17, 15) is 9.59 Å².